The molecular weight excluding hydrogens is 1330 g/mol. The molecule has 6 aliphatic heterocycles. The minimum absolute atomic E-state index is 0.0108. The molecular formula is C78H96N12O14. The molecule has 0 bridgehead atoms. The van der Waals surface area contributed by atoms with Crippen LogP contribution in [0, 0.1) is 16.7 Å². The number of para-hydroxylation sites is 1. The van der Waals surface area contributed by atoms with E-state index in [4.69, 9.17) is 23.7 Å². The summed E-state index contributed by atoms with van der Waals surface area (Å²) in [6.07, 6.45) is 6.38. The third-order valence-corrected chi connectivity index (χ3v) is 21.5. The number of fused-ring (bicyclic) bond motifs is 8. The van der Waals surface area contributed by atoms with E-state index in [0.717, 1.165) is 76.6 Å². The van der Waals surface area contributed by atoms with Gasteiger partial charge in [-0.15, -0.1) is 5.53 Å². The van der Waals surface area contributed by atoms with Crippen molar-refractivity contribution in [2.24, 2.45) is 16.7 Å². The van der Waals surface area contributed by atoms with Crippen LogP contribution in [0.3, 0.4) is 0 Å². The van der Waals surface area contributed by atoms with E-state index in [1.165, 1.54) is 26.9 Å². The lowest BCUT2D eigenvalue weighted by Crippen LogP contribution is -2.53. The normalized spacial score (nSPS) is 19.6. The van der Waals surface area contributed by atoms with Crippen molar-refractivity contribution in [2.45, 2.75) is 174 Å². The first-order valence-electron chi connectivity index (χ1n) is 36.6. The van der Waals surface area contributed by atoms with E-state index in [9.17, 15) is 43.5 Å². The van der Waals surface area contributed by atoms with Gasteiger partial charge in [0.05, 0.1) is 79.6 Å². The summed E-state index contributed by atoms with van der Waals surface area (Å²) in [6, 6.07) is 26.7. The molecule has 0 aromatic heterocycles. The Morgan fingerprint density at radius 1 is 0.654 bits per heavy atom. The van der Waals surface area contributed by atoms with Gasteiger partial charge in [0.2, 0.25) is 29.5 Å². The smallest absolute Gasteiger partial charge is 0.416 e. The van der Waals surface area contributed by atoms with E-state index in [-0.39, 0.29) is 108 Å². The van der Waals surface area contributed by atoms with Crippen LogP contribution in [0.4, 0.5) is 27.5 Å². The monoisotopic (exact) mass is 1420 g/mol. The number of amides is 8. The number of nitrogens with one attached hydrogen (secondary N) is 7. The molecule has 13 rings (SSSR count). The van der Waals surface area contributed by atoms with Crippen LogP contribution in [0.2, 0.25) is 0 Å². The Morgan fingerprint density at radius 2 is 1.32 bits per heavy atom. The van der Waals surface area contributed by atoms with E-state index in [0.29, 0.717) is 98.6 Å². The number of hydrogen-bond donors (Lipinski definition) is 8. The summed E-state index contributed by atoms with van der Waals surface area (Å²) in [5.74, 6) is -0.938. The van der Waals surface area contributed by atoms with Gasteiger partial charge in [0.1, 0.15) is 18.7 Å². The highest BCUT2D eigenvalue weighted by atomic mass is 16.6. The predicted octanol–water partition coefficient (Wildman–Crippen LogP) is 8.98. The first-order valence-corrected chi connectivity index (χ1v) is 36.6. The number of rotatable bonds is 27. The quantitative estimate of drug-likeness (QED) is 0.0227. The Balaban J connectivity index is 0.550. The second kappa shape index (κ2) is 30.7. The molecule has 8 N–H and O–H groups in total. The number of anilines is 4. The van der Waals surface area contributed by atoms with Crippen molar-refractivity contribution >= 4 is 81.6 Å². The molecule has 2 spiro atoms. The van der Waals surface area contributed by atoms with Crippen molar-refractivity contribution in [1.82, 2.24) is 41.7 Å². The number of ether oxygens (including phenoxy) is 5. The first-order chi connectivity index (χ1) is 50.1. The zero-order chi connectivity index (χ0) is 73.1. The fraction of sp³-hybridized carbons (Fsp3) is 0.487. The van der Waals surface area contributed by atoms with Crippen LogP contribution in [0.25, 0.3) is 11.4 Å². The van der Waals surface area contributed by atoms with Gasteiger partial charge in [0.15, 0.2) is 29.2 Å². The van der Waals surface area contributed by atoms with Crippen molar-refractivity contribution in [3.63, 3.8) is 0 Å². The van der Waals surface area contributed by atoms with Crippen molar-refractivity contribution < 1.29 is 67.1 Å². The lowest BCUT2D eigenvalue weighted by Gasteiger charge is -2.32. The van der Waals surface area contributed by atoms with Gasteiger partial charge in [-0.3, -0.25) is 38.6 Å². The molecule has 5 atom stereocenters. The number of aliphatic hydroxyl groups is 1. The molecule has 0 radical (unpaired) electrons. The molecule has 2 aliphatic carbocycles. The zero-order valence-corrected chi connectivity index (χ0v) is 60.3. The molecule has 104 heavy (non-hydrogen) atoms. The highest BCUT2D eigenvalue weighted by Gasteiger charge is 2.58. The van der Waals surface area contributed by atoms with Crippen molar-refractivity contribution in [1.29, 1.82) is 0 Å². The van der Waals surface area contributed by atoms with Gasteiger partial charge in [-0.25, -0.2) is 9.69 Å². The van der Waals surface area contributed by atoms with Gasteiger partial charge < -0.3 is 75.5 Å². The van der Waals surface area contributed by atoms with E-state index < -0.39 is 42.3 Å². The third kappa shape index (κ3) is 15.4. The molecule has 5 aromatic carbocycles. The van der Waals surface area contributed by atoms with Gasteiger partial charge in [0, 0.05) is 86.5 Å². The van der Waals surface area contributed by atoms with Crippen molar-refractivity contribution in [3.05, 3.63) is 130 Å². The molecule has 552 valence electrons. The zero-order valence-electron chi connectivity index (χ0n) is 60.3. The van der Waals surface area contributed by atoms with Gasteiger partial charge in [-0.1, -0.05) is 68.4 Å². The fourth-order valence-corrected chi connectivity index (χ4v) is 15.3. The average Bonchev–Trinajstić information content (AvgIpc) is 1.56. The first kappa shape index (κ1) is 72.3. The Labute approximate surface area is 606 Å². The van der Waals surface area contributed by atoms with Gasteiger partial charge in [-0.05, 0) is 150 Å². The lowest BCUT2D eigenvalue weighted by atomic mass is 9.95. The summed E-state index contributed by atoms with van der Waals surface area (Å²) in [5.41, 5.74) is 14.8. The summed E-state index contributed by atoms with van der Waals surface area (Å²) in [4.78, 5) is 117. The van der Waals surface area contributed by atoms with Crippen LogP contribution in [0.15, 0.2) is 97.1 Å². The van der Waals surface area contributed by atoms with Crippen LogP contribution in [0.1, 0.15) is 167 Å². The molecule has 8 aliphatic rings. The Bertz CT molecular complexity index is 4150. The lowest BCUT2D eigenvalue weighted by molar-refractivity contribution is -0.131. The van der Waals surface area contributed by atoms with Crippen LogP contribution in [0.5, 0.6) is 23.0 Å². The molecule has 5 aromatic rings. The minimum atomic E-state index is -1.45. The number of benzene rings is 5. The van der Waals surface area contributed by atoms with Gasteiger partial charge >= 0.3 is 6.09 Å². The Kier molecular flexibility index (Phi) is 21.3. The van der Waals surface area contributed by atoms with Crippen LogP contribution in [-0.2, 0) is 41.9 Å². The van der Waals surface area contributed by atoms with Crippen LogP contribution >= 0.6 is 0 Å². The fourth-order valence-electron chi connectivity index (χ4n) is 15.3. The van der Waals surface area contributed by atoms with E-state index in [1.54, 1.807) is 73.2 Å². The number of methoxy groups -OCH3 is 2. The number of unbranched alkanes of at least 4 members (excludes halogenated alkanes) is 3. The highest BCUT2D eigenvalue weighted by Crippen LogP contribution is 2.58. The topological polar surface area (TPSA) is 303 Å². The maximum atomic E-state index is 14.5. The number of carbonyl (C=O) groups excluding carboxylic acids is 8. The molecule has 2 saturated heterocycles. The molecule has 6 heterocycles. The molecule has 4 fully saturated rings. The number of nitrogens with zero attached hydrogens (tertiary/aromatic N) is 5. The Hall–Kier alpha value is -10.1. The molecule has 26 heteroatoms. The maximum absolute atomic E-state index is 14.5. The minimum Gasteiger partial charge on any atom is -0.493 e. The second-order valence-electron chi connectivity index (χ2n) is 29.6. The molecule has 8 amide bonds. The standard InChI is InChI=1S/C78H96N12O14/c1-46(2)68(83-66(92)21-13-14-32-79-65(91)26-27-67(93)86-42-50-17-9-10-18-53(50)69-70(90(47(3)4)85-84-69)54-19-11-12-20-58(54)86)72(95)81-48(5)71(94)82-51-24-22-49(23-25-51)43-104-76(99)89-59-38-64(62(101-7)36-56(59)74(97)88-45-78(30-31-78)40-60(88)75(89)98)103-34-16-8-15-33-102-63-37-57-55(35-61(63)100-6)73(96)87-44-77(28-29-77)39-52(87)41-80-57/h9-12,17-20,22-25,35-38,46-48,52,60,68,75,80,84-85,98H,8,13-16,21,26-34,39-45H2,1-7H3,(H,79,91)(H,81,95)(H,82,94)(H,83,92)/t48-,52-,60-,68-,75?/m0/s1. The number of carbonyl (C=O) groups is 8. The average molecular weight is 1430 g/mol. The second-order valence-corrected chi connectivity index (χ2v) is 29.6. The number of aliphatic hydroxyl groups excluding tert-OH is 1. The van der Waals surface area contributed by atoms with Crippen molar-refractivity contribution in [3.8, 4) is 23.0 Å². The van der Waals surface area contributed by atoms with E-state index in [2.05, 4.69) is 56.4 Å². The maximum Gasteiger partial charge on any atom is 0.416 e. The van der Waals surface area contributed by atoms with Crippen LogP contribution < -0.4 is 66.3 Å². The summed E-state index contributed by atoms with van der Waals surface area (Å²) >= 11 is 0. The summed E-state index contributed by atoms with van der Waals surface area (Å²) in [5, 5.41) is 29.0. The number of hydrazine groups is 2. The van der Waals surface area contributed by atoms with Crippen molar-refractivity contribution in [2.75, 3.05) is 74.0 Å². The predicted molar refractivity (Wildman–Crippen MR) is 390 cm³/mol. The highest BCUT2D eigenvalue weighted by molar-refractivity contribution is 6.07. The van der Waals surface area contributed by atoms with Gasteiger partial charge in [0.25, 0.3) is 11.8 Å². The Morgan fingerprint density at radius 3 is 2.02 bits per heavy atom. The van der Waals surface area contributed by atoms with Gasteiger partial charge in [-0.2, -0.15) is 0 Å². The van der Waals surface area contributed by atoms with E-state index in [1.807, 2.05) is 59.5 Å². The summed E-state index contributed by atoms with van der Waals surface area (Å²) < 4.78 is 29.9. The number of hydrogen-bond acceptors (Lipinski definition) is 18. The summed E-state index contributed by atoms with van der Waals surface area (Å²) in [7, 11) is 3.04. The third-order valence-electron chi connectivity index (χ3n) is 21.5. The SMILES string of the molecule is COc1cc2c(cc1OCCCCCOc1cc3c(cc1OC)C(=O)N1CC4(CC4)C[C@H]1C(O)N3C(=O)OCc1ccc(NC(=O)[C@H](C)NC(=O)[C@@H](NC(=O)CCCCNC(=O)CCC(=O)N3Cc4ccccc4C4=C(c5ccccc53)N(C(C)C)NN4)C(C)C)cc1)NC[C@@H]1CC3(CC3)CN1C2=O. The molecule has 26 nitrogen and oxygen atoms in total. The molecule has 1 unspecified atom stereocenters. The van der Waals surface area contributed by atoms with E-state index >= 15 is 0 Å². The van der Waals surface area contributed by atoms with Crippen LogP contribution in [-0.4, -0.2) is 157 Å². The summed E-state index contributed by atoms with van der Waals surface area (Å²) in [6.45, 7) is 12.3. The largest absolute Gasteiger partial charge is 0.493 e. The molecule has 2 saturated carbocycles.